The molecule has 122 valence electrons. The van der Waals surface area contributed by atoms with E-state index in [4.69, 9.17) is 0 Å². The van der Waals surface area contributed by atoms with E-state index in [1.54, 1.807) is 4.90 Å². The van der Waals surface area contributed by atoms with Gasteiger partial charge in [-0.1, -0.05) is 17.7 Å². The standard InChI is InChI=1S/C17H21N3O3/c1-11-4-6-13(7-5-11)20-10-12(9-15(20)21)16(22)19-14-3-2-8-18-17(14)23/h4-7,12,14H,2-3,8-10H2,1H3,(H,18,23)(H,19,22)/t12-,14+/m0/s1. The van der Waals surface area contributed by atoms with Gasteiger partial charge in [0, 0.05) is 25.2 Å². The van der Waals surface area contributed by atoms with E-state index in [1.165, 1.54) is 0 Å². The topological polar surface area (TPSA) is 78.5 Å². The van der Waals surface area contributed by atoms with Crippen LogP contribution in [-0.4, -0.2) is 36.9 Å². The molecular formula is C17H21N3O3. The first-order chi connectivity index (χ1) is 11.0. The number of nitrogens with one attached hydrogen (secondary N) is 2. The lowest BCUT2D eigenvalue weighted by Gasteiger charge is -2.24. The highest BCUT2D eigenvalue weighted by Crippen LogP contribution is 2.25. The smallest absolute Gasteiger partial charge is 0.242 e. The molecule has 0 radical (unpaired) electrons. The van der Waals surface area contributed by atoms with E-state index in [-0.39, 0.29) is 24.1 Å². The van der Waals surface area contributed by atoms with Crippen LogP contribution in [-0.2, 0) is 14.4 Å². The van der Waals surface area contributed by atoms with E-state index in [1.807, 2.05) is 31.2 Å². The van der Waals surface area contributed by atoms with Crippen molar-refractivity contribution in [1.82, 2.24) is 10.6 Å². The molecule has 3 rings (SSSR count). The van der Waals surface area contributed by atoms with Gasteiger partial charge in [-0.05, 0) is 31.9 Å². The molecule has 0 saturated carbocycles. The van der Waals surface area contributed by atoms with Gasteiger partial charge in [-0.25, -0.2) is 0 Å². The second-order valence-corrected chi connectivity index (χ2v) is 6.24. The predicted octanol–water partition coefficient (Wildman–Crippen LogP) is 0.743. The number of aryl methyl sites for hydroxylation is 1. The van der Waals surface area contributed by atoms with Crippen LogP contribution >= 0.6 is 0 Å². The number of carbonyl (C=O) groups is 3. The van der Waals surface area contributed by atoms with Crippen LogP contribution in [0.25, 0.3) is 0 Å². The first kappa shape index (κ1) is 15.5. The highest BCUT2D eigenvalue weighted by Gasteiger charge is 2.36. The van der Waals surface area contributed by atoms with Crippen LogP contribution in [0.15, 0.2) is 24.3 Å². The summed E-state index contributed by atoms with van der Waals surface area (Å²) in [5.41, 5.74) is 1.93. The van der Waals surface area contributed by atoms with E-state index in [2.05, 4.69) is 10.6 Å². The molecule has 0 aromatic heterocycles. The zero-order chi connectivity index (χ0) is 16.4. The molecule has 0 spiro atoms. The zero-order valence-electron chi connectivity index (χ0n) is 13.2. The number of hydrogen-bond acceptors (Lipinski definition) is 3. The van der Waals surface area contributed by atoms with Crippen LogP contribution in [0, 0.1) is 12.8 Å². The highest BCUT2D eigenvalue weighted by molar-refractivity contribution is 6.01. The minimum Gasteiger partial charge on any atom is -0.354 e. The van der Waals surface area contributed by atoms with Crippen LogP contribution in [0.3, 0.4) is 0 Å². The van der Waals surface area contributed by atoms with Crippen molar-refractivity contribution >= 4 is 23.4 Å². The third kappa shape index (κ3) is 3.36. The van der Waals surface area contributed by atoms with Gasteiger partial charge in [0.2, 0.25) is 17.7 Å². The Labute approximate surface area is 135 Å². The van der Waals surface area contributed by atoms with Gasteiger partial charge in [0.05, 0.1) is 5.92 Å². The fourth-order valence-corrected chi connectivity index (χ4v) is 3.06. The van der Waals surface area contributed by atoms with Gasteiger partial charge in [0.1, 0.15) is 6.04 Å². The van der Waals surface area contributed by atoms with Gasteiger partial charge in [0.25, 0.3) is 0 Å². The number of rotatable bonds is 3. The predicted molar refractivity (Wildman–Crippen MR) is 85.8 cm³/mol. The third-order valence-corrected chi connectivity index (χ3v) is 4.44. The summed E-state index contributed by atoms with van der Waals surface area (Å²) in [5, 5.41) is 5.53. The van der Waals surface area contributed by atoms with Crippen LogP contribution in [0.5, 0.6) is 0 Å². The minimum absolute atomic E-state index is 0.0536. The summed E-state index contributed by atoms with van der Waals surface area (Å²) in [6.07, 6.45) is 1.70. The molecule has 3 amide bonds. The summed E-state index contributed by atoms with van der Waals surface area (Å²) < 4.78 is 0. The Bertz CT molecular complexity index is 626. The Morgan fingerprint density at radius 1 is 1.26 bits per heavy atom. The maximum atomic E-state index is 12.4. The molecule has 2 atom stereocenters. The van der Waals surface area contributed by atoms with Gasteiger partial charge in [-0.2, -0.15) is 0 Å². The van der Waals surface area contributed by atoms with Gasteiger partial charge >= 0.3 is 0 Å². The summed E-state index contributed by atoms with van der Waals surface area (Å²) in [6, 6.07) is 7.20. The Morgan fingerprint density at radius 2 is 2.00 bits per heavy atom. The number of hydrogen-bond donors (Lipinski definition) is 2. The first-order valence-corrected chi connectivity index (χ1v) is 8.00. The Hall–Kier alpha value is -2.37. The molecule has 6 nitrogen and oxygen atoms in total. The Kier molecular flexibility index (Phi) is 4.32. The molecule has 2 heterocycles. The van der Waals surface area contributed by atoms with Crippen molar-refractivity contribution in [2.75, 3.05) is 18.0 Å². The molecule has 2 N–H and O–H groups in total. The summed E-state index contributed by atoms with van der Waals surface area (Å²) in [5.74, 6) is -0.806. The van der Waals surface area contributed by atoms with Crippen LogP contribution in [0.2, 0.25) is 0 Å². The lowest BCUT2D eigenvalue weighted by molar-refractivity contribution is -0.132. The van der Waals surface area contributed by atoms with Crippen molar-refractivity contribution in [3.05, 3.63) is 29.8 Å². The quantitative estimate of drug-likeness (QED) is 0.864. The molecule has 0 aliphatic carbocycles. The SMILES string of the molecule is Cc1ccc(N2C[C@@H](C(=O)N[C@@H]3CCCNC3=O)CC2=O)cc1. The lowest BCUT2D eigenvalue weighted by Crippen LogP contribution is -2.51. The number of anilines is 1. The second kappa shape index (κ2) is 6.40. The van der Waals surface area contributed by atoms with Crippen molar-refractivity contribution in [3.63, 3.8) is 0 Å². The van der Waals surface area contributed by atoms with E-state index in [0.717, 1.165) is 17.7 Å². The van der Waals surface area contributed by atoms with Gasteiger partial charge in [0.15, 0.2) is 0 Å². The maximum absolute atomic E-state index is 12.4. The van der Waals surface area contributed by atoms with Gasteiger partial charge in [-0.15, -0.1) is 0 Å². The molecule has 6 heteroatoms. The molecule has 2 aliphatic rings. The molecule has 2 fully saturated rings. The molecule has 0 bridgehead atoms. The summed E-state index contributed by atoms with van der Waals surface area (Å²) in [7, 11) is 0. The molecule has 1 aromatic carbocycles. The number of carbonyl (C=O) groups excluding carboxylic acids is 3. The normalized spacial score (nSPS) is 24.5. The van der Waals surface area contributed by atoms with Gasteiger partial charge < -0.3 is 15.5 Å². The largest absolute Gasteiger partial charge is 0.354 e. The second-order valence-electron chi connectivity index (χ2n) is 6.24. The maximum Gasteiger partial charge on any atom is 0.242 e. The monoisotopic (exact) mass is 315 g/mol. The van der Waals surface area contributed by atoms with Crippen molar-refractivity contribution in [2.24, 2.45) is 5.92 Å². The zero-order valence-corrected chi connectivity index (χ0v) is 13.2. The van der Waals surface area contributed by atoms with Gasteiger partial charge in [-0.3, -0.25) is 14.4 Å². The average molecular weight is 315 g/mol. The van der Waals surface area contributed by atoms with Crippen LogP contribution in [0.4, 0.5) is 5.69 Å². The van der Waals surface area contributed by atoms with Crippen molar-refractivity contribution in [1.29, 1.82) is 0 Å². The number of nitrogens with zero attached hydrogens (tertiary/aromatic N) is 1. The van der Waals surface area contributed by atoms with E-state index >= 15 is 0 Å². The summed E-state index contributed by atoms with van der Waals surface area (Å²) in [4.78, 5) is 37.9. The number of amides is 3. The number of piperidine rings is 1. The van der Waals surface area contributed by atoms with E-state index in [9.17, 15) is 14.4 Å². The molecule has 23 heavy (non-hydrogen) atoms. The van der Waals surface area contributed by atoms with Crippen molar-refractivity contribution in [3.8, 4) is 0 Å². The third-order valence-electron chi connectivity index (χ3n) is 4.44. The van der Waals surface area contributed by atoms with Crippen molar-refractivity contribution in [2.45, 2.75) is 32.2 Å². The van der Waals surface area contributed by atoms with Crippen LogP contribution < -0.4 is 15.5 Å². The fraction of sp³-hybridized carbons (Fsp3) is 0.471. The van der Waals surface area contributed by atoms with Crippen molar-refractivity contribution < 1.29 is 14.4 Å². The first-order valence-electron chi connectivity index (χ1n) is 8.00. The lowest BCUT2D eigenvalue weighted by atomic mass is 10.0. The molecule has 0 unspecified atom stereocenters. The average Bonchev–Trinajstić information content (AvgIpc) is 2.92. The summed E-state index contributed by atoms with van der Waals surface area (Å²) in [6.45, 7) is 3.01. The van der Waals surface area contributed by atoms with Crippen LogP contribution in [0.1, 0.15) is 24.8 Å². The number of benzene rings is 1. The minimum atomic E-state index is -0.472. The fourth-order valence-electron chi connectivity index (χ4n) is 3.06. The Morgan fingerprint density at radius 3 is 2.70 bits per heavy atom. The molecular weight excluding hydrogens is 294 g/mol. The van der Waals surface area contributed by atoms with E-state index < -0.39 is 12.0 Å². The molecule has 2 aliphatic heterocycles. The molecule has 1 aromatic rings. The Balaban J connectivity index is 1.63. The molecule has 2 saturated heterocycles. The van der Waals surface area contributed by atoms with E-state index in [0.29, 0.717) is 19.5 Å². The summed E-state index contributed by atoms with van der Waals surface area (Å²) >= 11 is 0. The highest BCUT2D eigenvalue weighted by atomic mass is 16.2.